The molecular weight excluding hydrogens is 308 g/mol. The number of pyridine rings is 1. The van der Waals surface area contributed by atoms with Crippen LogP contribution < -0.4 is 4.74 Å². The van der Waals surface area contributed by atoms with E-state index in [9.17, 15) is 4.79 Å². The first-order valence-electron chi connectivity index (χ1n) is 7.03. The van der Waals surface area contributed by atoms with Crippen LogP contribution in [0.15, 0.2) is 65.8 Å². The van der Waals surface area contributed by atoms with Crippen LogP contribution in [0.25, 0.3) is 6.08 Å². The predicted octanol–water partition coefficient (Wildman–Crippen LogP) is 4.01. The van der Waals surface area contributed by atoms with E-state index < -0.39 is 0 Å². The lowest BCUT2D eigenvalue weighted by Gasteiger charge is -2.04. The van der Waals surface area contributed by atoms with Gasteiger partial charge in [0.25, 0.3) is 0 Å². The van der Waals surface area contributed by atoms with E-state index in [4.69, 9.17) is 4.74 Å². The lowest BCUT2D eigenvalue weighted by atomic mass is 10.1. The molecule has 0 saturated heterocycles. The van der Waals surface area contributed by atoms with Crippen molar-refractivity contribution < 1.29 is 9.53 Å². The highest BCUT2D eigenvalue weighted by molar-refractivity contribution is 7.07. The highest BCUT2D eigenvalue weighted by atomic mass is 32.1. The normalized spacial score (nSPS) is 10.8. The summed E-state index contributed by atoms with van der Waals surface area (Å²) in [5.74, 6) is 0.704. The van der Waals surface area contributed by atoms with Crippen molar-refractivity contribution >= 4 is 23.2 Å². The molecule has 2 heterocycles. The second kappa shape index (κ2) is 7.47. The van der Waals surface area contributed by atoms with Crippen molar-refractivity contribution in [2.45, 2.75) is 6.61 Å². The first kappa shape index (κ1) is 15.1. The Labute approximate surface area is 138 Å². The summed E-state index contributed by atoms with van der Waals surface area (Å²) in [4.78, 5) is 20.1. The van der Waals surface area contributed by atoms with Gasteiger partial charge in [-0.3, -0.25) is 9.78 Å². The summed E-state index contributed by atoms with van der Waals surface area (Å²) in [6.07, 6.45) is 6.52. The van der Waals surface area contributed by atoms with Crippen molar-refractivity contribution in [2.24, 2.45) is 0 Å². The summed E-state index contributed by atoms with van der Waals surface area (Å²) in [5.41, 5.74) is 4.21. The van der Waals surface area contributed by atoms with E-state index in [0.717, 1.165) is 17.0 Å². The van der Waals surface area contributed by atoms with Gasteiger partial charge in [-0.15, -0.1) is 11.3 Å². The molecule has 4 nitrogen and oxygen atoms in total. The van der Waals surface area contributed by atoms with Gasteiger partial charge in [0.1, 0.15) is 12.4 Å². The van der Waals surface area contributed by atoms with Gasteiger partial charge in [0.2, 0.25) is 0 Å². The fourth-order valence-electron chi connectivity index (χ4n) is 1.92. The van der Waals surface area contributed by atoms with Crippen LogP contribution >= 0.6 is 11.3 Å². The second-order valence-corrected chi connectivity index (χ2v) is 5.50. The molecule has 0 radical (unpaired) electrons. The number of hydrogen-bond donors (Lipinski definition) is 0. The summed E-state index contributed by atoms with van der Waals surface area (Å²) in [5, 5.41) is 1.96. The lowest BCUT2D eigenvalue weighted by molar-refractivity contribution is 0.104. The zero-order valence-electron chi connectivity index (χ0n) is 12.3. The number of carbonyl (C=O) groups excluding carboxylic acids is 1. The van der Waals surface area contributed by atoms with Crippen LogP contribution in [0.3, 0.4) is 0 Å². The van der Waals surface area contributed by atoms with Crippen LogP contribution in [0.2, 0.25) is 0 Å². The molecule has 0 aliphatic carbocycles. The molecule has 0 N–H and O–H groups in total. The minimum Gasteiger partial charge on any atom is -0.487 e. The SMILES string of the molecule is O=C(/C=C/c1ccc(OCc2cscn2)cc1)c1cccnc1. The Hall–Kier alpha value is -2.79. The summed E-state index contributed by atoms with van der Waals surface area (Å²) < 4.78 is 5.65. The highest BCUT2D eigenvalue weighted by Crippen LogP contribution is 2.15. The number of ketones is 1. The van der Waals surface area contributed by atoms with Crippen molar-refractivity contribution in [3.05, 3.63) is 82.6 Å². The number of hydrogen-bond acceptors (Lipinski definition) is 5. The third-order valence-electron chi connectivity index (χ3n) is 3.12. The summed E-state index contributed by atoms with van der Waals surface area (Å²) >= 11 is 1.55. The van der Waals surface area contributed by atoms with Crippen LogP contribution in [0.5, 0.6) is 5.75 Å². The fraction of sp³-hybridized carbons (Fsp3) is 0.0556. The molecule has 3 aromatic rings. The predicted molar refractivity (Wildman–Crippen MR) is 90.5 cm³/mol. The van der Waals surface area contributed by atoms with E-state index in [0.29, 0.717) is 12.2 Å². The largest absolute Gasteiger partial charge is 0.487 e. The van der Waals surface area contributed by atoms with Gasteiger partial charge in [-0.25, -0.2) is 4.98 Å². The van der Waals surface area contributed by atoms with Crippen LogP contribution in [0.4, 0.5) is 0 Å². The summed E-state index contributed by atoms with van der Waals surface area (Å²) in [7, 11) is 0. The van der Waals surface area contributed by atoms with Gasteiger partial charge in [-0.05, 0) is 35.9 Å². The average Bonchev–Trinajstić information content (AvgIpc) is 3.13. The van der Waals surface area contributed by atoms with Gasteiger partial charge in [-0.1, -0.05) is 18.2 Å². The molecule has 0 spiro atoms. The Morgan fingerprint density at radius 3 is 2.78 bits per heavy atom. The molecule has 0 amide bonds. The standard InChI is InChI=1S/C18H14N2O2S/c21-18(15-2-1-9-19-10-15)8-5-14-3-6-17(7-4-14)22-11-16-12-23-13-20-16/h1-10,12-13H,11H2/b8-5+. The molecule has 0 saturated carbocycles. The molecule has 0 unspecified atom stereocenters. The van der Waals surface area contributed by atoms with Crippen molar-refractivity contribution in [1.82, 2.24) is 9.97 Å². The number of nitrogens with zero attached hydrogens (tertiary/aromatic N) is 2. The minimum atomic E-state index is -0.0676. The van der Waals surface area contributed by atoms with E-state index in [1.54, 1.807) is 53.5 Å². The van der Waals surface area contributed by atoms with Gasteiger partial charge in [0.05, 0.1) is 11.2 Å². The minimum absolute atomic E-state index is 0.0676. The molecule has 114 valence electrons. The van der Waals surface area contributed by atoms with Gasteiger partial charge >= 0.3 is 0 Å². The number of aromatic nitrogens is 2. The molecule has 23 heavy (non-hydrogen) atoms. The highest BCUT2D eigenvalue weighted by Gasteiger charge is 2.01. The Kier molecular flexibility index (Phi) is 4.91. The average molecular weight is 322 g/mol. The molecule has 3 rings (SSSR count). The van der Waals surface area contributed by atoms with E-state index in [-0.39, 0.29) is 5.78 Å². The van der Waals surface area contributed by atoms with E-state index >= 15 is 0 Å². The first-order valence-corrected chi connectivity index (χ1v) is 7.98. The molecule has 1 aromatic carbocycles. The van der Waals surface area contributed by atoms with Crippen molar-refractivity contribution in [3.63, 3.8) is 0 Å². The maximum Gasteiger partial charge on any atom is 0.187 e. The third-order valence-corrected chi connectivity index (χ3v) is 3.76. The van der Waals surface area contributed by atoms with Crippen LogP contribution in [0.1, 0.15) is 21.6 Å². The molecular formula is C18H14N2O2S. The fourth-order valence-corrected chi connectivity index (χ4v) is 2.46. The number of thiazole rings is 1. The Morgan fingerprint density at radius 1 is 1.22 bits per heavy atom. The van der Waals surface area contributed by atoms with Crippen molar-refractivity contribution in [2.75, 3.05) is 0 Å². The molecule has 0 aliphatic heterocycles. The number of allylic oxidation sites excluding steroid dienone is 1. The maximum atomic E-state index is 12.0. The van der Waals surface area contributed by atoms with Crippen LogP contribution in [-0.2, 0) is 6.61 Å². The second-order valence-electron chi connectivity index (χ2n) is 4.78. The zero-order chi connectivity index (χ0) is 15.9. The van der Waals surface area contributed by atoms with E-state index in [1.165, 1.54) is 0 Å². The smallest absolute Gasteiger partial charge is 0.187 e. The van der Waals surface area contributed by atoms with Gasteiger partial charge in [-0.2, -0.15) is 0 Å². The number of benzene rings is 1. The van der Waals surface area contributed by atoms with Gasteiger partial charge in [0, 0.05) is 23.3 Å². The Balaban J connectivity index is 1.59. The van der Waals surface area contributed by atoms with E-state index in [2.05, 4.69) is 9.97 Å². The number of ether oxygens (including phenoxy) is 1. The molecule has 0 fully saturated rings. The van der Waals surface area contributed by atoms with Crippen LogP contribution in [0, 0.1) is 0 Å². The first-order chi connectivity index (χ1) is 11.3. The third kappa shape index (κ3) is 4.34. The molecule has 0 bridgehead atoms. The van der Waals surface area contributed by atoms with E-state index in [1.807, 2.05) is 29.6 Å². The van der Waals surface area contributed by atoms with Crippen molar-refractivity contribution in [1.29, 1.82) is 0 Å². The van der Waals surface area contributed by atoms with Gasteiger partial charge in [0.15, 0.2) is 5.78 Å². The Bertz CT molecular complexity index is 782. The number of carbonyl (C=O) groups is 1. The Morgan fingerprint density at radius 2 is 2.09 bits per heavy atom. The quantitative estimate of drug-likeness (QED) is 0.508. The lowest BCUT2D eigenvalue weighted by Crippen LogP contribution is -1.95. The zero-order valence-corrected chi connectivity index (χ0v) is 13.1. The molecule has 0 atom stereocenters. The monoisotopic (exact) mass is 322 g/mol. The van der Waals surface area contributed by atoms with Crippen LogP contribution in [-0.4, -0.2) is 15.8 Å². The van der Waals surface area contributed by atoms with Crippen molar-refractivity contribution in [3.8, 4) is 5.75 Å². The maximum absolute atomic E-state index is 12.0. The van der Waals surface area contributed by atoms with Gasteiger partial charge < -0.3 is 4.74 Å². The topological polar surface area (TPSA) is 52.1 Å². The molecule has 0 aliphatic rings. The molecule has 2 aromatic heterocycles. The summed E-state index contributed by atoms with van der Waals surface area (Å²) in [6.45, 7) is 0.457. The number of rotatable bonds is 6. The summed E-state index contributed by atoms with van der Waals surface area (Å²) in [6, 6.07) is 11.1. The molecule has 5 heteroatoms.